The number of aromatic nitrogens is 2. The van der Waals surface area contributed by atoms with Crippen molar-refractivity contribution in [1.82, 2.24) is 20.4 Å². The van der Waals surface area contributed by atoms with Crippen LogP contribution in [0.1, 0.15) is 24.8 Å². The molecule has 1 aromatic carbocycles. The Balaban J connectivity index is 1.45. The van der Waals surface area contributed by atoms with Gasteiger partial charge in [0.1, 0.15) is 12.1 Å². The molecule has 8 heteroatoms. The molecule has 0 unspecified atom stereocenters. The minimum Gasteiger partial charge on any atom is -0.337 e. The third-order valence-corrected chi connectivity index (χ3v) is 5.33. The van der Waals surface area contributed by atoms with Crippen molar-refractivity contribution in [3.8, 4) is 11.4 Å². The van der Waals surface area contributed by atoms with Gasteiger partial charge < -0.3 is 9.84 Å². The summed E-state index contributed by atoms with van der Waals surface area (Å²) < 4.78 is 5.21. The number of benzene rings is 1. The average Bonchev–Trinajstić information content (AvgIpc) is 3.39. The van der Waals surface area contributed by atoms with Crippen LogP contribution in [0.4, 0.5) is 4.79 Å². The fourth-order valence-corrected chi connectivity index (χ4v) is 3.70. The van der Waals surface area contributed by atoms with E-state index in [0.29, 0.717) is 18.7 Å². The van der Waals surface area contributed by atoms with Crippen LogP contribution in [-0.2, 0) is 17.8 Å². The van der Waals surface area contributed by atoms with E-state index in [2.05, 4.69) is 15.5 Å². The molecule has 3 heterocycles. The molecular formula is C19H18N4O3S. The Labute approximate surface area is 160 Å². The van der Waals surface area contributed by atoms with Crippen molar-refractivity contribution in [2.45, 2.75) is 31.8 Å². The number of aryl methyl sites for hydroxylation is 1. The van der Waals surface area contributed by atoms with Gasteiger partial charge in [-0.3, -0.25) is 9.69 Å². The Morgan fingerprint density at radius 3 is 2.78 bits per heavy atom. The summed E-state index contributed by atoms with van der Waals surface area (Å²) in [5.74, 6) is 0.399. The largest absolute Gasteiger partial charge is 0.337 e. The van der Waals surface area contributed by atoms with E-state index in [1.165, 1.54) is 11.3 Å². The number of thiophene rings is 1. The lowest BCUT2D eigenvalue weighted by molar-refractivity contribution is -0.131. The predicted octanol–water partition coefficient (Wildman–Crippen LogP) is 3.24. The lowest BCUT2D eigenvalue weighted by atomic mass is 9.93. The highest BCUT2D eigenvalue weighted by molar-refractivity contribution is 7.08. The minimum atomic E-state index is -0.941. The van der Waals surface area contributed by atoms with Gasteiger partial charge in [0.15, 0.2) is 0 Å². The van der Waals surface area contributed by atoms with Crippen LogP contribution >= 0.6 is 11.3 Å². The van der Waals surface area contributed by atoms with Crippen LogP contribution in [0.5, 0.6) is 0 Å². The molecule has 1 N–H and O–H groups in total. The maximum atomic E-state index is 12.9. The van der Waals surface area contributed by atoms with Crippen LogP contribution < -0.4 is 5.32 Å². The molecule has 2 aromatic heterocycles. The quantitative estimate of drug-likeness (QED) is 0.661. The number of hydrogen-bond acceptors (Lipinski definition) is 6. The van der Waals surface area contributed by atoms with Gasteiger partial charge in [0.2, 0.25) is 11.7 Å². The molecule has 0 saturated carbocycles. The van der Waals surface area contributed by atoms with Crippen LogP contribution in [0.15, 0.2) is 51.7 Å². The van der Waals surface area contributed by atoms with Crippen LogP contribution in [0.25, 0.3) is 11.4 Å². The number of nitrogens with one attached hydrogen (secondary N) is 1. The standard InChI is InChI=1S/C19H18N4O3S/c1-19(9-7-13-5-3-2-4-6-13)17(24)23(18(25)21-19)11-15-20-16(22-26-15)14-8-10-27-12-14/h2-6,8,10,12H,7,9,11H2,1H3,(H,21,25)/t19-/m1/s1. The summed E-state index contributed by atoms with van der Waals surface area (Å²) in [6.45, 7) is 1.71. The van der Waals surface area contributed by atoms with E-state index in [4.69, 9.17) is 4.52 Å². The summed E-state index contributed by atoms with van der Waals surface area (Å²) in [5.41, 5.74) is 1.03. The Kier molecular flexibility index (Phi) is 4.49. The molecular weight excluding hydrogens is 364 g/mol. The summed E-state index contributed by atoms with van der Waals surface area (Å²) in [7, 11) is 0. The number of carbonyl (C=O) groups excluding carboxylic acids is 2. The molecule has 3 aromatic rings. The molecule has 1 atom stereocenters. The second-order valence-electron chi connectivity index (χ2n) is 6.66. The number of urea groups is 1. The third-order valence-electron chi connectivity index (χ3n) is 4.64. The second-order valence-corrected chi connectivity index (χ2v) is 7.44. The van der Waals surface area contributed by atoms with E-state index >= 15 is 0 Å². The Bertz CT molecular complexity index is 955. The highest BCUT2D eigenvalue weighted by atomic mass is 32.1. The van der Waals surface area contributed by atoms with E-state index in [-0.39, 0.29) is 18.3 Å². The number of carbonyl (C=O) groups is 2. The smallest absolute Gasteiger partial charge is 0.325 e. The maximum absolute atomic E-state index is 12.9. The van der Waals surface area contributed by atoms with Crippen molar-refractivity contribution in [1.29, 1.82) is 0 Å². The van der Waals surface area contributed by atoms with Gasteiger partial charge in [-0.1, -0.05) is 35.5 Å². The van der Waals surface area contributed by atoms with Crippen molar-refractivity contribution in [2.75, 3.05) is 0 Å². The molecule has 0 radical (unpaired) electrons. The van der Waals surface area contributed by atoms with Crippen LogP contribution in [0, 0.1) is 0 Å². The van der Waals surface area contributed by atoms with E-state index in [1.54, 1.807) is 6.92 Å². The molecule has 1 fully saturated rings. The first kappa shape index (κ1) is 17.4. The van der Waals surface area contributed by atoms with Gasteiger partial charge in [-0.2, -0.15) is 16.3 Å². The predicted molar refractivity (Wildman–Crippen MR) is 99.9 cm³/mol. The minimum absolute atomic E-state index is 0.0390. The summed E-state index contributed by atoms with van der Waals surface area (Å²) in [6.07, 6.45) is 1.21. The molecule has 1 aliphatic rings. The normalized spacial score (nSPS) is 19.5. The van der Waals surface area contributed by atoms with Gasteiger partial charge >= 0.3 is 6.03 Å². The summed E-state index contributed by atoms with van der Waals surface area (Å²) in [5, 5.41) is 10.5. The highest BCUT2D eigenvalue weighted by Crippen LogP contribution is 2.25. The third kappa shape index (κ3) is 3.48. The summed E-state index contributed by atoms with van der Waals surface area (Å²) >= 11 is 1.53. The topological polar surface area (TPSA) is 88.3 Å². The zero-order valence-electron chi connectivity index (χ0n) is 14.7. The fourth-order valence-electron chi connectivity index (χ4n) is 3.06. The maximum Gasteiger partial charge on any atom is 0.325 e. The Morgan fingerprint density at radius 1 is 1.22 bits per heavy atom. The Morgan fingerprint density at radius 2 is 2.04 bits per heavy atom. The van der Waals surface area contributed by atoms with Gasteiger partial charge in [0, 0.05) is 10.9 Å². The van der Waals surface area contributed by atoms with E-state index in [1.807, 2.05) is 47.2 Å². The molecule has 0 aliphatic carbocycles. The van der Waals surface area contributed by atoms with Gasteiger partial charge in [-0.05, 0) is 36.8 Å². The Hall–Kier alpha value is -3.00. The van der Waals surface area contributed by atoms with E-state index in [0.717, 1.165) is 16.0 Å². The van der Waals surface area contributed by atoms with Gasteiger partial charge in [0.25, 0.3) is 5.91 Å². The lowest BCUT2D eigenvalue weighted by Crippen LogP contribution is -2.44. The molecule has 1 aliphatic heterocycles. The molecule has 0 spiro atoms. The number of rotatable bonds is 6. The summed E-state index contributed by atoms with van der Waals surface area (Å²) in [6, 6.07) is 11.3. The van der Waals surface area contributed by atoms with Crippen molar-refractivity contribution in [3.63, 3.8) is 0 Å². The van der Waals surface area contributed by atoms with Gasteiger partial charge in [-0.15, -0.1) is 0 Å². The SMILES string of the molecule is C[C@]1(CCc2ccccc2)NC(=O)N(Cc2nc(-c3ccsc3)no2)C1=O. The van der Waals surface area contributed by atoms with Crippen molar-refractivity contribution >= 4 is 23.3 Å². The first-order valence-electron chi connectivity index (χ1n) is 8.58. The van der Waals surface area contributed by atoms with Crippen LogP contribution in [0.3, 0.4) is 0 Å². The van der Waals surface area contributed by atoms with Gasteiger partial charge in [-0.25, -0.2) is 4.79 Å². The van der Waals surface area contributed by atoms with Crippen molar-refractivity contribution in [2.24, 2.45) is 0 Å². The molecule has 138 valence electrons. The monoisotopic (exact) mass is 382 g/mol. The van der Waals surface area contributed by atoms with Crippen LogP contribution in [-0.4, -0.2) is 32.5 Å². The molecule has 4 rings (SSSR count). The summed E-state index contributed by atoms with van der Waals surface area (Å²) in [4.78, 5) is 30.6. The zero-order chi connectivity index (χ0) is 18.9. The zero-order valence-corrected chi connectivity index (χ0v) is 15.5. The first-order chi connectivity index (χ1) is 13.0. The van der Waals surface area contributed by atoms with E-state index in [9.17, 15) is 9.59 Å². The number of imide groups is 1. The molecule has 3 amide bonds. The molecule has 0 bridgehead atoms. The van der Waals surface area contributed by atoms with Gasteiger partial charge in [0.05, 0.1) is 0 Å². The second kappa shape index (κ2) is 6.96. The highest BCUT2D eigenvalue weighted by Gasteiger charge is 2.47. The first-order valence-corrected chi connectivity index (χ1v) is 9.53. The fraction of sp³-hybridized carbons (Fsp3) is 0.263. The average molecular weight is 382 g/mol. The number of amides is 3. The lowest BCUT2D eigenvalue weighted by Gasteiger charge is -2.21. The molecule has 1 saturated heterocycles. The van der Waals surface area contributed by atoms with Crippen LogP contribution in [0.2, 0.25) is 0 Å². The number of hydrogen-bond donors (Lipinski definition) is 1. The van der Waals surface area contributed by atoms with Crippen molar-refractivity contribution in [3.05, 3.63) is 58.6 Å². The molecule has 27 heavy (non-hydrogen) atoms. The van der Waals surface area contributed by atoms with E-state index < -0.39 is 11.6 Å². The molecule has 7 nitrogen and oxygen atoms in total. The van der Waals surface area contributed by atoms with Crippen molar-refractivity contribution < 1.29 is 14.1 Å². The number of nitrogens with zero attached hydrogens (tertiary/aromatic N) is 3.